The number of carbonyl (C=O) groups is 1. The molecule has 0 saturated carbocycles. The van der Waals surface area contributed by atoms with Crippen LogP contribution in [0.5, 0.6) is 5.75 Å². The van der Waals surface area contributed by atoms with Crippen LogP contribution >= 0.6 is 0 Å². The fourth-order valence-electron chi connectivity index (χ4n) is 3.73. The molecule has 1 amide bonds. The number of likely N-dealkylation sites (N-methyl/N-ethyl adjacent to an activating group) is 1. The number of rotatable bonds is 5. The quantitative estimate of drug-likeness (QED) is 0.751. The van der Waals surface area contributed by atoms with Crippen molar-refractivity contribution in [2.45, 2.75) is 24.7 Å². The number of carbonyl (C=O) groups excluding carboxylic acids is 1. The van der Waals surface area contributed by atoms with Gasteiger partial charge >= 0.3 is 0 Å². The van der Waals surface area contributed by atoms with E-state index >= 15 is 0 Å². The fraction of sp³-hybridized carbons (Fsp3) is 0.632. The number of sulfonamides is 1. The van der Waals surface area contributed by atoms with Crippen LogP contribution in [0.4, 0.5) is 0 Å². The minimum absolute atomic E-state index is 0.0600. The Morgan fingerprint density at radius 1 is 1.11 bits per heavy atom. The van der Waals surface area contributed by atoms with Crippen LogP contribution in [-0.4, -0.2) is 76.5 Å². The maximum Gasteiger partial charge on any atom is 0.243 e. The Kier molecular flexibility index (Phi) is 6.39. The van der Waals surface area contributed by atoms with E-state index in [0.717, 1.165) is 26.2 Å². The van der Waals surface area contributed by atoms with E-state index in [0.29, 0.717) is 38.3 Å². The maximum absolute atomic E-state index is 12.9. The molecule has 0 spiro atoms. The molecular formula is C19H30N3O4S+. The third-order valence-electron chi connectivity index (χ3n) is 5.50. The first-order valence-electron chi connectivity index (χ1n) is 9.75. The number of ether oxygens (including phenoxy) is 1. The maximum atomic E-state index is 12.9. The summed E-state index contributed by atoms with van der Waals surface area (Å²) in [5, 5.41) is 0. The highest BCUT2D eigenvalue weighted by Crippen LogP contribution is 2.26. The number of piperidine rings is 1. The van der Waals surface area contributed by atoms with Crippen molar-refractivity contribution in [1.29, 1.82) is 0 Å². The molecule has 3 rings (SSSR count). The zero-order chi connectivity index (χ0) is 19.4. The summed E-state index contributed by atoms with van der Waals surface area (Å²) in [5.74, 6) is 0.797. The molecule has 2 aliphatic rings. The van der Waals surface area contributed by atoms with E-state index < -0.39 is 10.0 Å². The van der Waals surface area contributed by atoms with E-state index in [9.17, 15) is 13.2 Å². The molecule has 8 heteroatoms. The van der Waals surface area contributed by atoms with Crippen molar-refractivity contribution in [1.82, 2.24) is 9.21 Å². The number of nitrogens with zero attached hydrogens (tertiary/aromatic N) is 2. The van der Waals surface area contributed by atoms with E-state index in [4.69, 9.17) is 4.74 Å². The smallest absolute Gasteiger partial charge is 0.243 e. The molecule has 0 radical (unpaired) electrons. The van der Waals surface area contributed by atoms with Gasteiger partial charge in [0.1, 0.15) is 5.75 Å². The molecular weight excluding hydrogens is 366 g/mol. The fourth-order valence-corrected chi connectivity index (χ4v) is 5.20. The molecule has 2 saturated heterocycles. The molecule has 2 heterocycles. The van der Waals surface area contributed by atoms with Gasteiger partial charge in [0.15, 0.2) is 0 Å². The second-order valence-corrected chi connectivity index (χ2v) is 9.30. The Balaban J connectivity index is 1.58. The highest BCUT2D eigenvalue weighted by atomic mass is 32.2. The lowest BCUT2D eigenvalue weighted by molar-refractivity contribution is -0.883. The summed E-state index contributed by atoms with van der Waals surface area (Å²) in [6.45, 7) is 6.79. The van der Waals surface area contributed by atoms with Gasteiger partial charge < -0.3 is 14.5 Å². The monoisotopic (exact) mass is 396 g/mol. The summed E-state index contributed by atoms with van der Waals surface area (Å²) in [6.07, 6.45) is 1.18. The standard InChI is InChI=1S/C19H29N3O4S/c1-3-26-17-4-6-18(7-5-17)27(24,25)22-10-8-16(9-11-22)19(23)21-14-12-20(2)13-15-21/h4-7,16H,3,8-15H2,1-2H3/p+1. The molecule has 150 valence electrons. The molecule has 0 unspecified atom stereocenters. The van der Waals surface area contributed by atoms with Crippen molar-refractivity contribution in [3.63, 3.8) is 0 Å². The van der Waals surface area contributed by atoms with Gasteiger partial charge in [-0.3, -0.25) is 4.79 Å². The van der Waals surface area contributed by atoms with Crippen LogP contribution in [0.1, 0.15) is 19.8 Å². The van der Waals surface area contributed by atoms with Gasteiger partial charge in [-0.25, -0.2) is 8.42 Å². The van der Waals surface area contributed by atoms with Crippen LogP contribution in [0.3, 0.4) is 0 Å². The molecule has 1 aromatic rings. The van der Waals surface area contributed by atoms with Gasteiger partial charge in [0.2, 0.25) is 15.9 Å². The number of nitrogens with one attached hydrogen (secondary N) is 1. The topological polar surface area (TPSA) is 71.4 Å². The molecule has 0 aliphatic carbocycles. The SMILES string of the molecule is CCOc1ccc(S(=O)(=O)N2CCC(C(=O)N3CC[NH+](C)CC3)CC2)cc1. The largest absolute Gasteiger partial charge is 0.494 e. The van der Waals surface area contributed by atoms with Crippen molar-refractivity contribution in [3.05, 3.63) is 24.3 Å². The van der Waals surface area contributed by atoms with Crippen molar-refractivity contribution >= 4 is 15.9 Å². The third kappa shape index (κ3) is 4.62. The highest BCUT2D eigenvalue weighted by molar-refractivity contribution is 7.89. The number of hydrogen-bond acceptors (Lipinski definition) is 4. The second-order valence-electron chi connectivity index (χ2n) is 7.37. The van der Waals surface area contributed by atoms with Crippen LogP contribution in [0.25, 0.3) is 0 Å². The molecule has 0 aromatic heterocycles. The Morgan fingerprint density at radius 2 is 1.70 bits per heavy atom. The number of piperazine rings is 1. The molecule has 7 nitrogen and oxygen atoms in total. The molecule has 27 heavy (non-hydrogen) atoms. The first-order chi connectivity index (χ1) is 12.9. The summed E-state index contributed by atoms with van der Waals surface area (Å²) < 4.78 is 32.6. The van der Waals surface area contributed by atoms with Crippen molar-refractivity contribution in [3.8, 4) is 5.75 Å². The minimum atomic E-state index is -3.53. The Morgan fingerprint density at radius 3 is 2.26 bits per heavy atom. The highest BCUT2D eigenvalue weighted by Gasteiger charge is 2.34. The number of benzene rings is 1. The summed E-state index contributed by atoms with van der Waals surface area (Å²) in [5.41, 5.74) is 0. The first-order valence-corrected chi connectivity index (χ1v) is 11.2. The summed E-state index contributed by atoms with van der Waals surface area (Å²) >= 11 is 0. The lowest BCUT2D eigenvalue weighted by atomic mass is 9.96. The molecule has 0 atom stereocenters. The Hall–Kier alpha value is -1.64. The van der Waals surface area contributed by atoms with Gasteiger partial charge in [0, 0.05) is 19.0 Å². The molecule has 1 N–H and O–H groups in total. The lowest BCUT2D eigenvalue weighted by Gasteiger charge is -2.36. The second kappa shape index (κ2) is 8.58. The first kappa shape index (κ1) is 20.1. The zero-order valence-corrected chi connectivity index (χ0v) is 17.0. The Labute approximate surface area is 161 Å². The van der Waals surface area contributed by atoms with Gasteiger partial charge in [0.05, 0.1) is 44.7 Å². The van der Waals surface area contributed by atoms with E-state index in [-0.39, 0.29) is 16.7 Å². The number of amides is 1. The average molecular weight is 397 g/mol. The predicted molar refractivity (Wildman–Crippen MR) is 102 cm³/mol. The average Bonchev–Trinajstić information content (AvgIpc) is 2.69. The third-order valence-corrected chi connectivity index (χ3v) is 7.42. The van der Waals surface area contributed by atoms with E-state index in [2.05, 4.69) is 7.05 Å². The molecule has 1 aromatic carbocycles. The lowest BCUT2D eigenvalue weighted by Crippen LogP contribution is -3.12. The van der Waals surface area contributed by atoms with Crippen molar-refractivity contribution < 1.29 is 22.8 Å². The van der Waals surface area contributed by atoms with Crippen LogP contribution in [0.15, 0.2) is 29.2 Å². The van der Waals surface area contributed by atoms with E-state index in [1.54, 1.807) is 24.3 Å². The predicted octanol–water partition coefficient (Wildman–Crippen LogP) is -0.157. The van der Waals surface area contributed by atoms with Crippen LogP contribution in [-0.2, 0) is 14.8 Å². The van der Waals surface area contributed by atoms with Crippen molar-refractivity contribution in [2.75, 3.05) is 52.9 Å². The van der Waals surface area contributed by atoms with Crippen LogP contribution < -0.4 is 9.64 Å². The van der Waals surface area contributed by atoms with Gasteiger partial charge in [0.25, 0.3) is 0 Å². The normalized spacial score (nSPS) is 20.6. The Bertz CT molecular complexity index is 735. The summed E-state index contributed by atoms with van der Waals surface area (Å²) in [6, 6.07) is 6.54. The minimum Gasteiger partial charge on any atom is -0.494 e. The van der Waals surface area contributed by atoms with Crippen molar-refractivity contribution in [2.24, 2.45) is 5.92 Å². The summed E-state index contributed by atoms with van der Waals surface area (Å²) in [7, 11) is -1.38. The van der Waals surface area contributed by atoms with Gasteiger partial charge in [-0.1, -0.05) is 0 Å². The zero-order valence-electron chi connectivity index (χ0n) is 16.2. The molecule has 2 aliphatic heterocycles. The van der Waals surface area contributed by atoms with Crippen LogP contribution in [0.2, 0.25) is 0 Å². The van der Waals surface area contributed by atoms with Gasteiger partial charge in [-0.05, 0) is 44.0 Å². The van der Waals surface area contributed by atoms with Gasteiger partial charge in [-0.2, -0.15) is 4.31 Å². The van der Waals surface area contributed by atoms with Crippen LogP contribution in [0, 0.1) is 5.92 Å². The van der Waals surface area contributed by atoms with E-state index in [1.807, 2.05) is 11.8 Å². The van der Waals surface area contributed by atoms with E-state index in [1.165, 1.54) is 9.21 Å². The number of quaternary nitrogens is 1. The summed E-state index contributed by atoms with van der Waals surface area (Å²) in [4.78, 5) is 16.4. The molecule has 2 fully saturated rings. The number of hydrogen-bond donors (Lipinski definition) is 1. The molecule has 0 bridgehead atoms. The van der Waals surface area contributed by atoms with Gasteiger partial charge in [-0.15, -0.1) is 0 Å².